The lowest BCUT2D eigenvalue weighted by Crippen LogP contribution is -2.54. The number of benzene rings is 1. The molecule has 2 aliphatic rings. The SMILES string of the molecule is CCCCn1cc2c3c(cccc31)[C@H]1C[C@@H](C(=O)NC(C)(C)CCc3ccccn3)CN(C)[C@@H]1C2. The summed E-state index contributed by atoms with van der Waals surface area (Å²) in [6, 6.07) is 13.3. The Kier molecular flexibility index (Phi) is 6.71. The highest BCUT2D eigenvalue weighted by molar-refractivity contribution is 5.89. The minimum atomic E-state index is -0.264. The van der Waals surface area contributed by atoms with Gasteiger partial charge in [-0.1, -0.05) is 31.5 Å². The summed E-state index contributed by atoms with van der Waals surface area (Å²) in [5.41, 5.74) is 5.11. The zero-order valence-electron chi connectivity index (χ0n) is 21.8. The lowest BCUT2D eigenvalue weighted by molar-refractivity contribution is -0.129. The molecule has 0 spiro atoms. The Labute approximate surface area is 209 Å². The highest BCUT2D eigenvalue weighted by Crippen LogP contribution is 2.45. The number of hydrogen-bond donors (Lipinski definition) is 1. The second kappa shape index (κ2) is 9.77. The Bertz CT molecular complexity index is 1180. The number of amides is 1. The van der Waals surface area contributed by atoms with Crippen LogP contribution in [0.1, 0.15) is 69.2 Å². The van der Waals surface area contributed by atoms with Crippen LogP contribution >= 0.6 is 0 Å². The molecule has 1 aliphatic carbocycles. The molecule has 5 rings (SSSR count). The molecule has 1 aliphatic heterocycles. The third-order valence-corrected chi connectivity index (χ3v) is 8.24. The number of likely N-dealkylation sites (N-methyl/N-ethyl adjacent to an activating group) is 1. The van der Waals surface area contributed by atoms with E-state index in [1.54, 1.807) is 0 Å². The van der Waals surface area contributed by atoms with Gasteiger partial charge in [-0.15, -0.1) is 0 Å². The Balaban J connectivity index is 1.32. The third-order valence-electron chi connectivity index (χ3n) is 8.24. The van der Waals surface area contributed by atoms with Crippen molar-refractivity contribution in [1.29, 1.82) is 0 Å². The normalized spacial score (nSPS) is 22.2. The molecule has 3 aromatic rings. The van der Waals surface area contributed by atoms with Gasteiger partial charge in [-0.2, -0.15) is 0 Å². The highest BCUT2D eigenvalue weighted by Gasteiger charge is 2.42. The lowest BCUT2D eigenvalue weighted by Gasteiger charge is -2.45. The standard InChI is InChI=1S/C30H40N4O/c1-5-6-16-34-20-21-18-27-25(24-11-9-12-26(34)28(21)24)17-22(19-33(27)4)29(35)32-30(2,3)14-13-23-10-7-8-15-31-23/h7-12,15,20,22,25,27H,5-6,13-14,16-19H2,1-4H3,(H,32,35)/t22-,25-,27-/m1/s1. The predicted octanol–water partition coefficient (Wildman–Crippen LogP) is 5.32. The zero-order chi connectivity index (χ0) is 24.6. The average Bonchev–Trinajstić information content (AvgIpc) is 3.21. The number of rotatable bonds is 8. The number of pyridine rings is 1. The zero-order valence-corrected chi connectivity index (χ0v) is 21.8. The molecule has 5 nitrogen and oxygen atoms in total. The van der Waals surface area contributed by atoms with Crippen molar-refractivity contribution in [3.8, 4) is 0 Å². The Morgan fingerprint density at radius 1 is 1.20 bits per heavy atom. The molecule has 1 saturated heterocycles. The van der Waals surface area contributed by atoms with Crippen LogP contribution in [0.4, 0.5) is 0 Å². The van der Waals surface area contributed by atoms with Crippen LogP contribution in [0.25, 0.3) is 10.9 Å². The van der Waals surface area contributed by atoms with Gasteiger partial charge in [0, 0.05) is 59.6 Å². The number of fused-ring (bicyclic) bond motifs is 2. The molecule has 2 aromatic heterocycles. The number of nitrogens with one attached hydrogen (secondary N) is 1. The van der Waals surface area contributed by atoms with Crippen molar-refractivity contribution < 1.29 is 4.79 Å². The molecule has 1 amide bonds. The average molecular weight is 473 g/mol. The first-order valence-corrected chi connectivity index (χ1v) is 13.4. The van der Waals surface area contributed by atoms with Gasteiger partial charge < -0.3 is 14.8 Å². The molecule has 0 saturated carbocycles. The van der Waals surface area contributed by atoms with Crippen molar-refractivity contribution in [3.05, 3.63) is 65.6 Å². The van der Waals surface area contributed by atoms with Crippen molar-refractivity contribution in [2.75, 3.05) is 13.6 Å². The van der Waals surface area contributed by atoms with Crippen molar-refractivity contribution in [1.82, 2.24) is 19.8 Å². The van der Waals surface area contributed by atoms with Gasteiger partial charge in [0.25, 0.3) is 0 Å². The molecule has 35 heavy (non-hydrogen) atoms. The highest BCUT2D eigenvalue weighted by atomic mass is 16.2. The minimum Gasteiger partial charge on any atom is -0.351 e. The van der Waals surface area contributed by atoms with E-state index in [1.807, 2.05) is 18.3 Å². The van der Waals surface area contributed by atoms with Crippen molar-refractivity contribution >= 4 is 16.8 Å². The van der Waals surface area contributed by atoms with Crippen LogP contribution in [0.5, 0.6) is 0 Å². The van der Waals surface area contributed by atoms with Gasteiger partial charge in [-0.25, -0.2) is 0 Å². The van der Waals surface area contributed by atoms with Crippen LogP contribution in [-0.2, 0) is 24.2 Å². The molecular weight excluding hydrogens is 432 g/mol. The van der Waals surface area contributed by atoms with E-state index in [2.05, 4.69) is 78.0 Å². The number of piperidine rings is 1. The van der Waals surface area contributed by atoms with Gasteiger partial charge >= 0.3 is 0 Å². The summed E-state index contributed by atoms with van der Waals surface area (Å²) in [6.07, 6.45) is 10.4. The van der Waals surface area contributed by atoms with Crippen LogP contribution in [0, 0.1) is 5.92 Å². The molecule has 1 N–H and O–H groups in total. The number of likely N-dealkylation sites (tertiary alicyclic amines) is 1. The van der Waals surface area contributed by atoms with Crippen LogP contribution in [0.2, 0.25) is 0 Å². The summed E-state index contributed by atoms with van der Waals surface area (Å²) in [6.45, 7) is 8.43. The van der Waals surface area contributed by atoms with Crippen LogP contribution < -0.4 is 5.32 Å². The van der Waals surface area contributed by atoms with E-state index in [9.17, 15) is 4.79 Å². The first kappa shape index (κ1) is 24.1. The van der Waals surface area contributed by atoms with Gasteiger partial charge in [0.1, 0.15) is 0 Å². The number of hydrogen-bond acceptors (Lipinski definition) is 3. The molecule has 1 aromatic carbocycles. The maximum atomic E-state index is 13.5. The predicted molar refractivity (Wildman–Crippen MR) is 143 cm³/mol. The van der Waals surface area contributed by atoms with Gasteiger partial charge in [0.15, 0.2) is 0 Å². The molecule has 1 fully saturated rings. The third kappa shape index (κ3) is 4.88. The van der Waals surface area contributed by atoms with Crippen molar-refractivity contribution in [3.63, 3.8) is 0 Å². The van der Waals surface area contributed by atoms with Gasteiger partial charge in [-0.05, 0) is 82.3 Å². The second-order valence-corrected chi connectivity index (χ2v) is 11.4. The molecule has 3 atom stereocenters. The second-order valence-electron chi connectivity index (χ2n) is 11.4. The van der Waals surface area contributed by atoms with Crippen molar-refractivity contribution in [2.45, 2.75) is 83.3 Å². The summed E-state index contributed by atoms with van der Waals surface area (Å²) >= 11 is 0. The fourth-order valence-electron chi connectivity index (χ4n) is 6.31. The molecule has 186 valence electrons. The minimum absolute atomic E-state index is 0.00867. The van der Waals surface area contributed by atoms with Gasteiger partial charge in [0.05, 0.1) is 5.92 Å². The Hall–Kier alpha value is -2.66. The summed E-state index contributed by atoms with van der Waals surface area (Å²) < 4.78 is 2.46. The summed E-state index contributed by atoms with van der Waals surface area (Å²) in [7, 11) is 2.21. The fraction of sp³-hybridized carbons (Fsp3) is 0.533. The lowest BCUT2D eigenvalue weighted by atomic mass is 9.72. The largest absolute Gasteiger partial charge is 0.351 e. The Morgan fingerprint density at radius 3 is 2.83 bits per heavy atom. The van der Waals surface area contributed by atoms with E-state index in [-0.39, 0.29) is 17.4 Å². The van der Waals surface area contributed by atoms with E-state index in [1.165, 1.54) is 34.9 Å². The van der Waals surface area contributed by atoms with Crippen molar-refractivity contribution in [2.24, 2.45) is 5.92 Å². The molecule has 5 heteroatoms. The first-order valence-electron chi connectivity index (χ1n) is 13.4. The molecule has 0 bridgehead atoms. The molecule has 3 heterocycles. The van der Waals surface area contributed by atoms with E-state index >= 15 is 0 Å². The quantitative estimate of drug-likeness (QED) is 0.482. The molecular formula is C30H40N4O. The Morgan fingerprint density at radius 2 is 2.06 bits per heavy atom. The fourth-order valence-corrected chi connectivity index (χ4v) is 6.31. The van der Waals surface area contributed by atoms with E-state index < -0.39 is 0 Å². The number of nitrogens with zero attached hydrogens (tertiary/aromatic N) is 3. The number of aromatic nitrogens is 2. The van der Waals surface area contributed by atoms with Crippen LogP contribution in [0.15, 0.2) is 48.8 Å². The maximum absolute atomic E-state index is 13.5. The monoisotopic (exact) mass is 472 g/mol. The van der Waals surface area contributed by atoms with Crippen LogP contribution in [0.3, 0.4) is 0 Å². The van der Waals surface area contributed by atoms with Gasteiger partial charge in [0.2, 0.25) is 5.91 Å². The number of carbonyl (C=O) groups is 1. The maximum Gasteiger partial charge on any atom is 0.224 e. The van der Waals surface area contributed by atoms with Crippen LogP contribution in [-0.4, -0.2) is 45.5 Å². The van der Waals surface area contributed by atoms with Gasteiger partial charge in [-0.3, -0.25) is 9.78 Å². The topological polar surface area (TPSA) is 50.2 Å². The summed E-state index contributed by atoms with van der Waals surface area (Å²) in [5, 5.41) is 4.84. The van der Waals surface area contributed by atoms with E-state index in [4.69, 9.17) is 0 Å². The molecule has 0 unspecified atom stereocenters. The first-order chi connectivity index (χ1) is 16.9. The number of aryl methyl sites for hydroxylation is 2. The van der Waals surface area contributed by atoms with E-state index in [0.29, 0.717) is 12.0 Å². The molecule has 0 radical (unpaired) electrons. The smallest absolute Gasteiger partial charge is 0.224 e. The summed E-state index contributed by atoms with van der Waals surface area (Å²) in [5.74, 6) is 0.605. The summed E-state index contributed by atoms with van der Waals surface area (Å²) in [4.78, 5) is 20.4. The number of unbranched alkanes of at least 4 members (excludes halogenated alkanes) is 1. The number of carbonyl (C=O) groups excluding carboxylic acids is 1. The van der Waals surface area contributed by atoms with E-state index in [0.717, 1.165) is 44.5 Å².